The lowest BCUT2D eigenvalue weighted by Crippen LogP contribution is -2.43. The fourth-order valence-corrected chi connectivity index (χ4v) is 5.37. The normalized spacial score (nSPS) is 15.8. The third kappa shape index (κ3) is 3.36. The maximum Gasteiger partial charge on any atom is 0.417 e. The molecule has 0 bridgehead atoms. The van der Waals surface area contributed by atoms with E-state index in [-0.39, 0.29) is 11.3 Å². The molecule has 29 heavy (non-hydrogen) atoms. The zero-order chi connectivity index (χ0) is 20.8. The van der Waals surface area contributed by atoms with E-state index < -0.39 is 26.7 Å². The van der Waals surface area contributed by atoms with E-state index >= 15 is 0 Å². The van der Waals surface area contributed by atoms with Crippen molar-refractivity contribution in [1.29, 1.82) is 0 Å². The van der Waals surface area contributed by atoms with Crippen LogP contribution in [0.1, 0.15) is 11.4 Å². The van der Waals surface area contributed by atoms with Gasteiger partial charge in [-0.2, -0.15) is 13.2 Å². The first-order chi connectivity index (χ1) is 13.7. The second-order valence-electron chi connectivity index (χ2n) is 6.80. The molecule has 2 heterocycles. The zero-order valence-electron chi connectivity index (χ0n) is 15.6. The number of halogens is 3. The van der Waals surface area contributed by atoms with Gasteiger partial charge in [0, 0.05) is 26.2 Å². The molecule has 2 aromatic carbocycles. The molecule has 154 valence electrons. The summed E-state index contributed by atoms with van der Waals surface area (Å²) in [5.74, 6) is 0.111. The number of aryl methyl sites for hydroxylation is 1. The van der Waals surface area contributed by atoms with Crippen LogP contribution in [0.3, 0.4) is 0 Å². The molecule has 1 N–H and O–H groups in total. The number of imidazole rings is 1. The van der Waals surface area contributed by atoms with Gasteiger partial charge >= 0.3 is 6.18 Å². The lowest BCUT2D eigenvalue weighted by Gasteiger charge is -2.29. The van der Waals surface area contributed by atoms with Crippen molar-refractivity contribution >= 4 is 26.7 Å². The van der Waals surface area contributed by atoms with Gasteiger partial charge in [0.1, 0.15) is 16.2 Å². The minimum absolute atomic E-state index is 0.111. The van der Waals surface area contributed by atoms with Crippen molar-refractivity contribution in [3.8, 4) is 0 Å². The lowest BCUT2D eigenvalue weighted by molar-refractivity contribution is -0.139. The minimum atomic E-state index is -4.79. The summed E-state index contributed by atoms with van der Waals surface area (Å²) in [6.45, 7) is 4.51. The molecule has 0 spiro atoms. The Bertz CT molecular complexity index is 1170. The molecule has 0 unspecified atom stereocenters. The van der Waals surface area contributed by atoms with Crippen LogP contribution in [0.4, 0.5) is 18.9 Å². The standard InChI is InChI=1S/C19H19F3N4O2S/c1-13-24-18-15(25-11-9-23-10-12-25)6-4-7-16(18)26(13)29(27,28)17-8-3-2-5-14(17)19(20,21)22/h2-8,23H,9-12H2,1H3. The molecular formula is C19H19F3N4O2S. The van der Waals surface area contributed by atoms with Crippen LogP contribution in [-0.2, 0) is 16.2 Å². The first-order valence-electron chi connectivity index (χ1n) is 9.07. The predicted molar refractivity (Wildman–Crippen MR) is 104 cm³/mol. The number of fused-ring (bicyclic) bond motifs is 1. The van der Waals surface area contributed by atoms with Crippen LogP contribution in [0.5, 0.6) is 0 Å². The van der Waals surface area contributed by atoms with Gasteiger partial charge in [0.25, 0.3) is 10.0 Å². The molecule has 0 aliphatic carbocycles. The van der Waals surface area contributed by atoms with E-state index in [1.54, 1.807) is 12.1 Å². The van der Waals surface area contributed by atoms with Crippen LogP contribution < -0.4 is 10.2 Å². The maximum atomic E-state index is 13.4. The van der Waals surface area contributed by atoms with Crippen molar-refractivity contribution in [3.05, 3.63) is 53.9 Å². The van der Waals surface area contributed by atoms with Gasteiger partial charge in [-0.15, -0.1) is 0 Å². The number of benzene rings is 2. The second-order valence-corrected chi connectivity index (χ2v) is 8.56. The Hall–Kier alpha value is -2.59. The summed E-state index contributed by atoms with van der Waals surface area (Å²) < 4.78 is 67.8. The summed E-state index contributed by atoms with van der Waals surface area (Å²) >= 11 is 0. The van der Waals surface area contributed by atoms with Gasteiger partial charge in [-0.3, -0.25) is 0 Å². The van der Waals surface area contributed by atoms with Gasteiger partial charge in [-0.1, -0.05) is 18.2 Å². The van der Waals surface area contributed by atoms with E-state index in [9.17, 15) is 21.6 Å². The number of nitrogens with one attached hydrogen (secondary N) is 1. The van der Waals surface area contributed by atoms with Gasteiger partial charge in [0.2, 0.25) is 0 Å². The number of hydrogen-bond acceptors (Lipinski definition) is 5. The van der Waals surface area contributed by atoms with Crippen LogP contribution in [0.2, 0.25) is 0 Å². The lowest BCUT2D eigenvalue weighted by atomic mass is 10.2. The summed E-state index contributed by atoms with van der Waals surface area (Å²) in [4.78, 5) is 5.71. The molecule has 0 amide bonds. The van der Waals surface area contributed by atoms with Gasteiger partial charge in [0.05, 0.1) is 16.8 Å². The van der Waals surface area contributed by atoms with Crippen LogP contribution in [0, 0.1) is 6.92 Å². The molecule has 10 heteroatoms. The molecule has 1 aliphatic rings. The molecule has 1 aromatic heterocycles. The highest BCUT2D eigenvalue weighted by Crippen LogP contribution is 2.36. The molecular weight excluding hydrogens is 405 g/mol. The Morgan fingerprint density at radius 3 is 2.41 bits per heavy atom. The van der Waals surface area contributed by atoms with Crippen molar-refractivity contribution < 1.29 is 21.6 Å². The fraction of sp³-hybridized carbons (Fsp3) is 0.316. The van der Waals surface area contributed by atoms with Crippen molar-refractivity contribution in [2.75, 3.05) is 31.1 Å². The van der Waals surface area contributed by atoms with E-state index in [0.717, 1.165) is 48.0 Å². The fourth-order valence-electron chi connectivity index (χ4n) is 3.67. The Kier molecular flexibility index (Phi) is 4.78. The van der Waals surface area contributed by atoms with Gasteiger partial charge < -0.3 is 10.2 Å². The molecule has 1 fully saturated rings. The Balaban J connectivity index is 1.92. The Labute approximate surface area is 166 Å². The van der Waals surface area contributed by atoms with E-state index in [1.165, 1.54) is 19.1 Å². The monoisotopic (exact) mass is 424 g/mol. The summed E-state index contributed by atoms with van der Waals surface area (Å²) in [6, 6.07) is 9.31. The zero-order valence-corrected chi connectivity index (χ0v) is 16.4. The van der Waals surface area contributed by atoms with Gasteiger partial charge in [-0.25, -0.2) is 17.4 Å². The van der Waals surface area contributed by atoms with Crippen molar-refractivity contribution in [2.24, 2.45) is 0 Å². The Morgan fingerprint density at radius 2 is 1.72 bits per heavy atom. The van der Waals surface area contributed by atoms with E-state index in [4.69, 9.17) is 0 Å². The quantitative estimate of drug-likeness (QED) is 0.700. The smallest absolute Gasteiger partial charge is 0.367 e. The van der Waals surface area contributed by atoms with E-state index in [1.807, 2.05) is 6.07 Å². The second kappa shape index (κ2) is 7.03. The summed E-state index contributed by atoms with van der Waals surface area (Å²) in [5.41, 5.74) is 0.292. The molecule has 0 saturated carbocycles. The van der Waals surface area contributed by atoms with E-state index in [2.05, 4.69) is 15.2 Å². The summed E-state index contributed by atoms with van der Waals surface area (Å²) in [5, 5.41) is 3.25. The molecule has 1 aliphatic heterocycles. The van der Waals surface area contributed by atoms with Crippen LogP contribution in [-0.4, -0.2) is 43.6 Å². The maximum absolute atomic E-state index is 13.4. The Morgan fingerprint density at radius 1 is 1.03 bits per heavy atom. The topological polar surface area (TPSA) is 67.2 Å². The number of piperazine rings is 1. The largest absolute Gasteiger partial charge is 0.417 e. The molecule has 3 aromatic rings. The van der Waals surface area contributed by atoms with E-state index in [0.29, 0.717) is 5.52 Å². The number of hydrogen-bond donors (Lipinski definition) is 1. The molecule has 0 atom stereocenters. The highest BCUT2D eigenvalue weighted by Gasteiger charge is 2.38. The van der Waals surface area contributed by atoms with Crippen LogP contribution >= 0.6 is 0 Å². The summed E-state index contributed by atoms with van der Waals surface area (Å²) in [6.07, 6.45) is -4.79. The van der Waals surface area contributed by atoms with Gasteiger partial charge in [0.15, 0.2) is 0 Å². The van der Waals surface area contributed by atoms with Gasteiger partial charge in [-0.05, 0) is 31.2 Å². The highest BCUT2D eigenvalue weighted by molar-refractivity contribution is 7.90. The number of rotatable bonds is 3. The SMILES string of the molecule is Cc1nc2c(N3CCNCC3)cccc2n1S(=O)(=O)c1ccccc1C(F)(F)F. The van der Waals surface area contributed by atoms with Crippen molar-refractivity contribution in [1.82, 2.24) is 14.3 Å². The number of aromatic nitrogens is 2. The van der Waals surface area contributed by atoms with Crippen LogP contribution in [0.15, 0.2) is 47.4 Å². The highest BCUT2D eigenvalue weighted by atomic mass is 32.2. The predicted octanol–water partition coefficient (Wildman–Crippen LogP) is 3.01. The summed E-state index contributed by atoms with van der Waals surface area (Å²) in [7, 11) is -4.51. The number of anilines is 1. The number of para-hydroxylation sites is 1. The number of alkyl halides is 3. The van der Waals surface area contributed by atoms with Crippen molar-refractivity contribution in [2.45, 2.75) is 18.0 Å². The number of nitrogens with zero attached hydrogens (tertiary/aromatic N) is 3. The first kappa shape index (κ1) is 19.7. The molecule has 1 saturated heterocycles. The van der Waals surface area contributed by atoms with Crippen molar-refractivity contribution in [3.63, 3.8) is 0 Å². The third-order valence-corrected chi connectivity index (χ3v) is 6.80. The minimum Gasteiger partial charge on any atom is -0.367 e. The van der Waals surface area contributed by atoms with Crippen LogP contribution in [0.25, 0.3) is 11.0 Å². The molecule has 6 nitrogen and oxygen atoms in total. The third-order valence-electron chi connectivity index (χ3n) is 4.95. The molecule has 4 rings (SSSR count). The molecule has 0 radical (unpaired) electrons. The average Bonchev–Trinajstić information content (AvgIpc) is 3.04. The first-order valence-corrected chi connectivity index (χ1v) is 10.5. The average molecular weight is 424 g/mol.